The van der Waals surface area contributed by atoms with Gasteiger partial charge in [0.2, 0.25) is 15.9 Å². The molecule has 0 unspecified atom stereocenters. The second-order valence-electron chi connectivity index (χ2n) is 8.31. The molecule has 0 spiro atoms. The number of aryl methyl sites for hydroxylation is 1. The van der Waals surface area contributed by atoms with E-state index in [4.69, 9.17) is 16.3 Å². The van der Waals surface area contributed by atoms with Crippen LogP contribution in [0.15, 0.2) is 23.1 Å². The molecule has 1 atom stereocenters. The van der Waals surface area contributed by atoms with Gasteiger partial charge in [-0.25, -0.2) is 13.2 Å². The number of amides is 1. The summed E-state index contributed by atoms with van der Waals surface area (Å²) in [7, 11) is -2.31. The molecule has 3 rings (SSSR count). The predicted octanol–water partition coefficient (Wildman–Crippen LogP) is 3.82. The van der Waals surface area contributed by atoms with Gasteiger partial charge < -0.3 is 14.6 Å². The lowest BCUT2D eigenvalue weighted by Gasteiger charge is -2.31. The van der Waals surface area contributed by atoms with E-state index in [0.717, 1.165) is 5.56 Å². The molecular formula is C23H30ClN3O5S. The van der Waals surface area contributed by atoms with E-state index in [1.807, 2.05) is 6.92 Å². The van der Waals surface area contributed by atoms with Gasteiger partial charge in [-0.2, -0.15) is 4.31 Å². The Balaban J connectivity index is 1.88. The second-order valence-corrected chi connectivity index (χ2v) is 10.6. The van der Waals surface area contributed by atoms with Gasteiger partial charge >= 0.3 is 5.97 Å². The van der Waals surface area contributed by atoms with Crippen molar-refractivity contribution in [1.29, 1.82) is 0 Å². The Bertz CT molecular complexity index is 1190. The summed E-state index contributed by atoms with van der Waals surface area (Å²) in [4.78, 5) is 25.5. The molecule has 1 aliphatic rings. The molecule has 10 heteroatoms. The van der Waals surface area contributed by atoms with Gasteiger partial charge in [0, 0.05) is 42.2 Å². The van der Waals surface area contributed by atoms with E-state index in [-0.39, 0.29) is 36.1 Å². The molecule has 1 saturated heterocycles. The summed E-state index contributed by atoms with van der Waals surface area (Å²) in [6, 6.07) is 5.18. The third-order valence-electron chi connectivity index (χ3n) is 6.20. The van der Waals surface area contributed by atoms with E-state index in [1.54, 1.807) is 50.6 Å². The van der Waals surface area contributed by atoms with E-state index in [9.17, 15) is 18.0 Å². The molecule has 1 N–H and O–H groups in total. The molecule has 33 heavy (non-hydrogen) atoms. The number of hydrogen-bond donors (Lipinski definition) is 1. The number of rotatable bonds is 6. The number of anilines is 1. The average Bonchev–Trinajstić information content (AvgIpc) is 3.00. The summed E-state index contributed by atoms with van der Waals surface area (Å²) in [6.07, 6.45) is 1.11. The summed E-state index contributed by atoms with van der Waals surface area (Å²) in [5, 5.41) is 3.47. The number of halogens is 1. The van der Waals surface area contributed by atoms with Crippen molar-refractivity contribution in [2.75, 3.05) is 25.0 Å². The third-order valence-corrected chi connectivity index (χ3v) is 8.46. The van der Waals surface area contributed by atoms with Crippen molar-refractivity contribution in [3.63, 3.8) is 0 Å². The molecule has 0 bridgehead atoms. The Morgan fingerprint density at radius 2 is 1.91 bits per heavy atom. The molecular weight excluding hydrogens is 466 g/mol. The van der Waals surface area contributed by atoms with Crippen LogP contribution in [0.5, 0.6) is 0 Å². The highest BCUT2D eigenvalue weighted by atomic mass is 35.5. The van der Waals surface area contributed by atoms with Crippen molar-refractivity contribution in [3.8, 4) is 0 Å². The van der Waals surface area contributed by atoms with Crippen LogP contribution in [0.3, 0.4) is 0 Å². The van der Waals surface area contributed by atoms with Gasteiger partial charge in [-0.15, -0.1) is 0 Å². The lowest BCUT2D eigenvalue weighted by atomic mass is 9.98. The Hall–Kier alpha value is -2.36. The quantitative estimate of drug-likeness (QED) is 0.614. The Kier molecular flexibility index (Phi) is 7.55. The number of piperidine rings is 1. The monoisotopic (exact) mass is 495 g/mol. The highest BCUT2D eigenvalue weighted by Crippen LogP contribution is 2.32. The van der Waals surface area contributed by atoms with Gasteiger partial charge in [0.1, 0.15) is 10.5 Å². The van der Waals surface area contributed by atoms with Gasteiger partial charge in [-0.3, -0.25) is 4.79 Å². The summed E-state index contributed by atoms with van der Waals surface area (Å²) < 4.78 is 35.5. The first-order valence-electron chi connectivity index (χ1n) is 10.9. The number of aromatic nitrogens is 1. The SMILES string of the molecule is CCOC(=O)c1c(S(=O)(=O)N2CCC[C@@H](C(=O)Nc3ccc(Cl)cc3C)C2)c(C)n(C)c1C. The largest absolute Gasteiger partial charge is 0.462 e. The van der Waals surface area contributed by atoms with Crippen LogP contribution >= 0.6 is 11.6 Å². The van der Waals surface area contributed by atoms with Crippen LogP contribution in [0.25, 0.3) is 0 Å². The molecule has 8 nitrogen and oxygen atoms in total. The van der Waals surface area contributed by atoms with Crippen LogP contribution in [0.2, 0.25) is 5.02 Å². The van der Waals surface area contributed by atoms with Crippen LogP contribution in [0.4, 0.5) is 5.69 Å². The van der Waals surface area contributed by atoms with Gasteiger partial charge in [0.25, 0.3) is 0 Å². The second kappa shape index (κ2) is 9.87. The molecule has 2 heterocycles. The fourth-order valence-corrected chi connectivity index (χ4v) is 6.41. The zero-order valence-electron chi connectivity index (χ0n) is 19.6. The fourth-order valence-electron chi connectivity index (χ4n) is 4.18. The topological polar surface area (TPSA) is 97.7 Å². The van der Waals surface area contributed by atoms with Gasteiger partial charge in [-0.05, 0) is 64.3 Å². The average molecular weight is 496 g/mol. The van der Waals surface area contributed by atoms with E-state index in [2.05, 4.69) is 5.32 Å². The van der Waals surface area contributed by atoms with E-state index < -0.39 is 21.9 Å². The minimum absolute atomic E-state index is 0.0381. The maximum atomic E-state index is 13.7. The molecule has 1 aromatic carbocycles. The van der Waals surface area contributed by atoms with Gasteiger partial charge in [0.05, 0.1) is 12.5 Å². The lowest BCUT2D eigenvalue weighted by Crippen LogP contribution is -2.44. The zero-order chi connectivity index (χ0) is 24.5. The number of benzene rings is 1. The number of nitrogens with one attached hydrogen (secondary N) is 1. The normalized spacial score (nSPS) is 17.1. The standard InChI is InChI=1S/C23H30ClN3O5S/c1-6-32-23(29)20-15(3)26(5)16(4)21(20)33(30,31)27-11-7-8-17(13-27)22(28)25-19-10-9-18(24)12-14(19)2/h9-10,12,17H,6-8,11,13H2,1-5H3,(H,25,28)/t17-/m1/s1. The van der Waals surface area contributed by atoms with Gasteiger partial charge in [0.15, 0.2) is 0 Å². The molecule has 0 radical (unpaired) electrons. The Morgan fingerprint density at radius 1 is 1.21 bits per heavy atom. The lowest BCUT2D eigenvalue weighted by molar-refractivity contribution is -0.120. The molecule has 1 aliphatic heterocycles. The molecule has 0 aliphatic carbocycles. The predicted molar refractivity (Wildman–Crippen MR) is 127 cm³/mol. The fraction of sp³-hybridized carbons (Fsp3) is 0.478. The molecule has 1 fully saturated rings. The number of esters is 1. The highest BCUT2D eigenvalue weighted by Gasteiger charge is 2.39. The maximum Gasteiger partial charge on any atom is 0.341 e. The molecule has 1 aromatic heterocycles. The third kappa shape index (κ3) is 4.95. The summed E-state index contributed by atoms with van der Waals surface area (Å²) in [5.74, 6) is -1.42. The van der Waals surface area contributed by atoms with Crippen molar-refractivity contribution in [1.82, 2.24) is 8.87 Å². The Labute approximate surface area is 199 Å². The van der Waals surface area contributed by atoms with Crippen molar-refractivity contribution < 1.29 is 22.7 Å². The number of sulfonamides is 1. The minimum Gasteiger partial charge on any atom is -0.462 e. The van der Waals surface area contributed by atoms with Crippen LogP contribution in [0, 0.1) is 26.7 Å². The highest BCUT2D eigenvalue weighted by molar-refractivity contribution is 7.89. The van der Waals surface area contributed by atoms with Gasteiger partial charge in [-0.1, -0.05) is 11.6 Å². The van der Waals surface area contributed by atoms with Crippen molar-refractivity contribution in [2.45, 2.75) is 45.4 Å². The number of hydrogen-bond acceptors (Lipinski definition) is 5. The molecule has 1 amide bonds. The first-order valence-corrected chi connectivity index (χ1v) is 12.7. The van der Waals surface area contributed by atoms with E-state index in [0.29, 0.717) is 34.9 Å². The minimum atomic E-state index is -4.03. The summed E-state index contributed by atoms with van der Waals surface area (Å²) >= 11 is 5.99. The van der Waals surface area contributed by atoms with Crippen LogP contribution < -0.4 is 5.32 Å². The maximum absolute atomic E-state index is 13.7. The van der Waals surface area contributed by atoms with Crippen molar-refractivity contribution in [3.05, 3.63) is 45.7 Å². The summed E-state index contributed by atoms with van der Waals surface area (Å²) in [6.45, 7) is 7.34. The van der Waals surface area contributed by atoms with Crippen molar-refractivity contribution >= 4 is 39.2 Å². The first kappa shape index (κ1) is 25.3. The Morgan fingerprint density at radius 3 is 2.55 bits per heavy atom. The number of carbonyl (C=O) groups is 2. The molecule has 0 saturated carbocycles. The van der Waals surface area contributed by atoms with E-state index >= 15 is 0 Å². The number of ether oxygens (including phenoxy) is 1. The van der Waals surface area contributed by atoms with Crippen molar-refractivity contribution in [2.24, 2.45) is 13.0 Å². The summed E-state index contributed by atoms with van der Waals surface area (Å²) in [5.41, 5.74) is 2.50. The first-order chi connectivity index (χ1) is 15.5. The molecule has 2 aromatic rings. The van der Waals surface area contributed by atoms with Crippen LogP contribution in [-0.4, -0.2) is 48.9 Å². The number of carbonyl (C=O) groups excluding carboxylic acids is 2. The van der Waals surface area contributed by atoms with Crippen LogP contribution in [0.1, 0.15) is 47.1 Å². The zero-order valence-corrected chi connectivity index (χ0v) is 21.1. The van der Waals surface area contributed by atoms with Crippen LogP contribution in [-0.2, 0) is 26.6 Å². The smallest absolute Gasteiger partial charge is 0.341 e. The molecule has 180 valence electrons. The van der Waals surface area contributed by atoms with E-state index in [1.165, 1.54) is 4.31 Å². The number of nitrogens with zero attached hydrogens (tertiary/aromatic N) is 2.